The molecule has 0 aliphatic heterocycles. The second-order valence-electron chi connectivity index (χ2n) is 21.5. The van der Waals surface area contributed by atoms with Crippen LogP contribution in [0.3, 0.4) is 0 Å². The van der Waals surface area contributed by atoms with Gasteiger partial charge in [0.1, 0.15) is 0 Å². The van der Waals surface area contributed by atoms with E-state index in [1.165, 1.54) is 77.0 Å². The first kappa shape index (κ1) is 60.4. The Morgan fingerprint density at radius 3 is 1.36 bits per heavy atom. The van der Waals surface area contributed by atoms with Gasteiger partial charge in [-0.05, 0) is 220 Å². The van der Waals surface area contributed by atoms with Crippen LogP contribution < -0.4 is 0 Å². The van der Waals surface area contributed by atoms with Crippen molar-refractivity contribution in [3.05, 3.63) is 279 Å². The topological polar surface area (TPSA) is 116 Å². The molecule has 14 aromatic rings. The summed E-state index contributed by atoms with van der Waals surface area (Å²) in [5.41, 5.74) is 26.1. The Bertz CT molecular complexity index is 4160. The molecule has 0 bridgehead atoms. The number of benzene rings is 7. The van der Waals surface area contributed by atoms with E-state index < -0.39 is 0 Å². The number of hydrogen-bond acceptors (Lipinski definition) is 9. The molecule has 0 aliphatic carbocycles. The Morgan fingerprint density at radius 2 is 0.702 bits per heavy atom. The van der Waals surface area contributed by atoms with E-state index in [4.69, 9.17) is 0 Å². The standard InChI is InChI=1S/5C11H11N.2C10H10N2/c1-8-3-6-11-10(7-8)5-4-9(2)12-11;1-8-3-5-10-6-4-9(2)12-11(10)7-8;1-8-5-6-9(2)11-10(8)4-3-7-12-11;1-8-6-10-4-3-5-12-11(10)7-9(8)2;1-8-7-9(2)12-11-6-4-3-5-10(8)11;1-7-3-4-8(2)10-9(7)11-5-6-12-10;1-7-8(2)12-10-6-4-3-5-9(10)11-7/h5*3-7H,1-2H3;2*3-6H,1-2H3. The van der Waals surface area contributed by atoms with E-state index in [-0.39, 0.29) is 0 Å². The van der Waals surface area contributed by atoms with Crippen molar-refractivity contribution >= 4 is 76.6 Å². The van der Waals surface area contributed by atoms with Crippen LogP contribution >= 0.6 is 0 Å². The van der Waals surface area contributed by atoms with Gasteiger partial charge < -0.3 is 0 Å². The summed E-state index contributed by atoms with van der Waals surface area (Å²) in [4.78, 5) is 39.3. The maximum atomic E-state index is 4.44. The summed E-state index contributed by atoms with van der Waals surface area (Å²) >= 11 is 0. The first-order valence-corrected chi connectivity index (χ1v) is 28.4. The van der Waals surface area contributed by atoms with Crippen LogP contribution in [-0.2, 0) is 0 Å². The SMILES string of the molecule is Cc1cc(C)c2ccccc2n1.Cc1cc2cccnc2cc1C.Cc1ccc(C)c2ncccc12.Cc1ccc(C)c2nccnc12.Cc1ccc2ccc(C)nc2c1.Cc1ccc2nc(C)ccc2c1.Cc1nc2ccccc2nc1C. The van der Waals surface area contributed by atoms with Crippen LogP contribution in [0.5, 0.6) is 0 Å². The molecule has 84 heavy (non-hydrogen) atoms. The van der Waals surface area contributed by atoms with Crippen LogP contribution in [-0.4, -0.2) is 44.9 Å². The molecule has 7 aromatic heterocycles. The van der Waals surface area contributed by atoms with E-state index in [0.717, 1.165) is 78.1 Å². The van der Waals surface area contributed by atoms with Crippen LogP contribution in [0.1, 0.15) is 78.5 Å². The maximum Gasteiger partial charge on any atom is 0.0918 e. The lowest BCUT2D eigenvalue weighted by atomic mass is 10.1. The minimum absolute atomic E-state index is 0.973. The number of aromatic nitrogens is 9. The number of pyridine rings is 5. The number of fused-ring (bicyclic) bond motifs is 7. The van der Waals surface area contributed by atoms with Gasteiger partial charge in [0, 0.05) is 68.8 Å². The summed E-state index contributed by atoms with van der Waals surface area (Å²) in [6.45, 7) is 28.9. The highest BCUT2D eigenvalue weighted by Crippen LogP contribution is 2.22. The predicted molar refractivity (Wildman–Crippen MR) is 354 cm³/mol. The molecule has 14 rings (SSSR count). The van der Waals surface area contributed by atoms with Gasteiger partial charge in [0.25, 0.3) is 0 Å². The molecule has 0 fully saturated rings. The van der Waals surface area contributed by atoms with Gasteiger partial charge in [-0.2, -0.15) is 0 Å². The van der Waals surface area contributed by atoms with Crippen molar-refractivity contribution in [1.29, 1.82) is 0 Å². The molecular weight excluding hydrogens is 1030 g/mol. The average molecular weight is 1100 g/mol. The highest BCUT2D eigenvalue weighted by Gasteiger charge is 2.04. The minimum Gasteiger partial charge on any atom is -0.256 e. The molecule has 0 amide bonds. The summed E-state index contributed by atoms with van der Waals surface area (Å²) in [5.74, 6) is 0. The molecule has 0 saturated carbocycles. The molecule has 7 heterocycles. The summed E-state index contributed by atoms with van der Waals surface area (Å²) in [7, 11) is 0. The lowest BCUT2D eigenvalue weighted by Crippen LogP contribution is -1.92. The van der Waals surface area contributed by atoms with Gasteiger partial charge in [0.05, 0.1) is 61.0 Å². The van der Waals surface area contributed by atoms with Crippen LogP contribution in [0.15, 0.2) is 201 Å². The fourth-order valence-corrected chi connectivity index (χ4v) is 9.49. The molecular formula is C75H75N9. The molecule has 0 spiro atoms. The Kier molecular flexibility index (Phi) is 20.3. The van der Waals surface area contributed by atoms with Crippen molar-refractivity contribution in [2.75, 3.05) is 0 Å². The van der Waals surface area contributed by atoms with E-state index in [0.29, 0.717) is 0 Å². The Balaban J connectivity index is 0.000000128. The van der Waals surface area contributed by atoms with Crippen molar-refractivity contribution in [2.45, 2.75) is 96.9 Å². The minimum atomic E-state index is 0.973. The second-order valence-corrected chi connectivity index (χ2v) is 21.5. The summed E-state index contributed by atoms with van der Waals surface area (Å²) in [6.07, 6.45) is 7.13. The molecule has 9 heteroatoms. The normalized spacial score (nSPS) is 10.5. The van der Waals surface area contributed by atoms with Gasteiger partial charge >= 0.3 is 0 Å². The van der Waals surface area contributed by atoms with Crippen molar-refractivity contribution in [1.82, 2.24) is 44.9 Å². The number of nitrogens with zero attached hydrogens (tertiary/aromatic N) is 9. The van der Waals surface area contributed by atoms with Crippen molar-refractivity contribution in [2.24, 2.45) is 0 Å². The highest BCUT2D eigenvalue weighted by molar-refractivity contribution is 5.85. The van der Waals surface area contributed by atoms with Crippen LogP contribution in [0.25, 0.3) is 76.6 Å². The molecule has 7 aromatic carbocycles. The first-order chi connectivity index (χ1) is 40.4. The van der Waals surface area contributed by atoms with E-state index in [2.05, 4.69) is 222 Å². The predicted octanol–water partition coefficient (Wildman–Crippen LogP) is 18.8. The third kappa shape index (κ3) is 16.0. The summed E-state index contributed by atoms with van der Waals surface area (Å²) < 4.78 is 0. The fraction of sp³-hybridized carbons (Fsp3) is 0.187. The second kappa shape index (κ2) is 28.3. The largest absolute Gasteiger partial charge is 0.256 e. The maximum absolute atomic E-state index is 4.44. The zero-order chi connectivity index (χ0) is 59.9. The lowest BCUT2D eigenvalue weighted by Gasteiger charge is -2.02. The number of rotatable bonds is 0. The summed E-state index contributed by atoms with van der Waals surface area (Å²) in [5, 5.41) is 6.17. The molecule has 0 unspecified atom stereocenters. The van der Waals surface area contributed by atoms with Gasteiger partial charge in [0.15, 0.2) is 0 Å². The van der Waals surface area contributed by atoms with Crippen molar-refractivity contribution in [3.63, 3.8) is 0 Å². The van der Waals surface area contributed by atoms with Crippen molar-refractivity contribution in [3.8, 4) is 0 Å². The first-order valence-electron chi connectivity index (χ1n) is 28.4. The number of para-hydroxylation sites is 3. The van der Waals surface area contributed by atoms with E-state index in [9.17, 15) is 0 Å². The molecule has 9 nitrogen and oxygen atoms in total. The molecule has 0 atom stereocenters. The van der Waals surface area contributed by atoms with Crippen LogP contribution in [0.2, 0.25) is 0 Å². The van der Waals surface area contributed by atoms with Gasteiger partial charge in [0.2, 0.25) is 0 Å². The summed E-state index contributed by atoms with van der Waals surface area (Å²) in [6, 6.07) is 60.1. The third-order valence-electron chi connectivity index (χ3n) is 14.4. The van der Waals surface area contributed by atoms with Gasteiger partial charge in [-0.3, -0.25) is 34.9 Å². The molecule has 0 saturated heterocycles. The Labute approximate surface area is 495 Å². The zero-order valence-electron chi connectivity index (χ0n) is 51.1. The fourth-order valence-electron chi connectivity index (χ4n) is 9.49. The molecule has 420 valence electrons. The van der Waals surface area contributed by atoms with Crippen LogP contribution in [0, 0.1) is 96.9 Å². The Morgan fingerprint density at radius 1 is 0.226 bits per heavy atom. The van der Waals surface area contributed by atoms with Gasteiger partial charge in [-0.25, -0.2) is 9.97 Å². The number of hydrogen-bond donors (Lipinski definition) is 0. The quantitative estimate of drug-likeness (QED) is 0.146. The zero-order valence-corrected chi connectivity index (χ0v) is 51.1. The highest BCUT2D eigenvalue weighted by atomic mass is 14.8. The van der Waals surface area contributed by atoms with Gasteiger partial charge in [-0.15, -0.1) is 0 Å². The van der Waals surface area contributed by atoms with E-state index in [1.807, 2.05) is 108 Å². The average Bonchev–Trinajstić information content (AvgIpc) is 3.62. The van der Waals surface area contributed by atoms with Crippen LogP contribution in [0.4, 0.5) is 0 Å². The monoisotopic (exact) mass is 1100 g/mol. The van der Waals surface area contributed by atoms with E-state index >= 15 is 0 Å². The molecule has 0 radical (unpaired) electrons. The van der Waals surface area contributed by atoms with E-state index in [1.54, 1.807) is 12.4 Å². The van der Waals surface area contributed by atoms with Crippen molar-refractivity contribution < 1.29 is 0 Å². The third-order valence-corrected chi connectivity index (χ3v) is 14.4. The Hall–Kier alpha value is -9.73. The molecule has 0 N–H and O–H groups in total. The van der Waals surface area contributed by atoms with Gasteiger partial charge in [-0.1, -0.05) is 103 Å². The smallest absolute Gasteiger partial charge is 0.0918 e. The number of aryl methyl sites for hydroxylation is 14. The lowest BCUT2D eigenvalue weighted by molar-refractivity contribution is 1.10. The molecule has 0 aliphatic rings.